The van der Waals surface area contributed by atoms with E-state index >= 15 is 0 Å². The lowest BCUT2D eigenvalue weighted by atomic mass is 10.1. The van der Waals surface area contributed by atoms with Gasteiger partial charge in [-0.2, -0.15) is 0 Å². The van der Waals surface area contributed by atoms with Gasteiger partial charge in [0.1, 0.15) is 11.5 Å². The van der Waals surface area contributed by atoms with Crippen molar-refractivity contribution in [2.24, 2.45) is 5.73 Å². The molecule has 0 heterocycles. The Morgan fingerprint density at radius 3 is 2.33 bits per heavy atom. The van der Waals surface area contributed by atoms with Crippen LogP contribution in [0.3, 0.4) is 0 Å². The Kier molecular flexibility index (Phi) is 3.86. The summed E-state index contributed by atoms with van der Waals surface area (Å²) in [6.45, 7) is 1.74. The Morgan fingerprint density at radius 2 is 1.92 bits per heavy atom. The topological polar surface area (TPSA) is 66.5 Å². The van der Waals surface area contributed by atoms with Crippen LogP contribution in [0.15, 0.2) is 18.2 Å². The first kappa shape index (κ1) is 11.1. The van der Waals surface area contributed by atoms with Crippen molar-refractivity contribution in [2.45, 2.75) is 13.0 Å². The molecule has 4 heteroatoms. The Labute approximate surface area is 77.2 Å². The lowest BCUT2D eigenvalue weighted by Crippen LogP contribution is -2.04. The van der Waals surface area contributed by atoms with Gasteiger partial charge in [-0.25, -0.2) is 0 Å². The van der Waals surface area contributed by atoms with Crippen LogP contribution < -0.4 is 5.73 Å². The predicted molar refractivity (Wildman–Crippen MR) is 49.6 cm³/mol. The monoisotopic (exact) mass is 189 g/mol. The summed E-state index contributed by atoms with van der Waals surface area (Å²) in [5, 5.41) is 18.2. The first-order valence-electron chi connectivity index (χ1n) is 3.38. The number of halogens is 1. The largest absolute Gasteiger partial charge is 0.508 e. The van der Waals surface area contributed by atoms with Crippen molar-refractivity contribution in [2.75, 3.05) is 0 Å². The van der Waals surface area contributed by atoms with Crippen molar-refractivity contribution < 1.29 is 10.2 Å². The van der Waals surface area contributed by atoms with Gasteiger partial charge in [0.25, 0.3) is 0 Å². The molecule has 12 heavy (non-hydrogen) atoms. The SMILES string of the molecule is CC(N)c1cc(O)ccc1O.Cl. The first-order chi connectivity index (χ1) is 5.11. The molecule has 0 aromatic heterocycles. The number of hydrogen-bond acceptors (Lipinski definition) is 3. The van der Waals surface area contributed by atoms with Crippen molar-refractivity contribution in [1.29, 1.82) is 0 Å². The van der Waals surface area contributed by atoms with Gasteiger partial charge in [0.2, 0.25) is 0 Å². The first-order valence-corrected chi connectivity index (χ1v) is 3.38. The molecule has 0 bridgehead atoms. The summed E-state index contributed by atoms with van der Waals surface area (Å²) in [7, 11) is 0. The molecular weight excluding hydrogens is 178 g/mol. The highest BCUT2D eigenvalue weighted by Gasteiger charge is 2.05. The van der Waals surface area contributed by atoms with Crippen molar-refractivity contribution in [1.82, 2.24) is 0 Å². The Balaban J connectivity index is 0.00000121. The zero-order chi connectivity index (χ0) is 8.43. The van der Waals surface area contributed by atoms with Gasteiger partial charge >= 0.3 is 0 Å². The molecule has 0 aliphatic heterocycles. The fourth-order valence-corrected chi connectivity index (χ4v) is 0.907. The maximum Gasteiger partial charge on any atom is 0.120 e. The third-order valence-electron chi connectivity index (χ3n) is 1.50. The summed E-state index contributed by atoms with van der Waals surface area (Å²) in [4.78, 5) is 0. The second-order valence-corrected chi connectivity index (χ2v) is 2.53. The van der Waals surface area contributed by atoms with E-state index in [9.17, 15) is 5.11 Å². The highest BCUT2D eigenvalue weighted by atomic mass is 35.5. The van der Waals surface area contributed by atoms with Crippen molar-refractivity contribution in [3.63, 3.8) is 0 Å². The molecule has 0 radical (unpaired) electrons. The highest BCUT2D eigenvalue weighted by Crippen LogP contribution is 2.25. The van der Waals surface area contributed by atoms with Gasteiger partial charge in [-0.1, -0.05) is 0 Å². The molecule has 1 rings (SSSR count). The van der Waals surface area contributed by atoms with Crippen LogP contribution in [0.1, 0.15) is 18.5 Å². The van der Waals surface area contributed by atoms with E-state index in [4.69, 9.17) is 10.8 Å². The smallest absolute Gasteiger partial charge is 0.120 e. The van der Waals surface area contributed by atoms with Crippen molar-refractivity contribution in [3.8, 4) is 11.5 Å². The third kappa shape index (κ3) is 2.29. The molecule has 1 atom stereocenters. The summed E-state index contributed by atoms with van der Waals surface area (Å²) >= 11 is 0. The van der Waals surface area contributed by atoms with E-state index < -0.39 is 0 Å². The Hall–Kier alpha value is -0.930. The average Bonchev–Trinajstić information content (AvgIpc) is 1.94. The van der Waals surface area contributed by atoms with E-state index in [1.165, 1.54) is 18.2 Å². The highest BCUT2D eigenvalue weighted by molar-refractivity contribution is 5.85. The average molecular weight is 190 g/mol. The van der Waals surface area contributed by atoms with E-state index in [1.54, 1.807) is 6.92 Å². The lowest BCUT2D eigenvalue weighted by molar-refractivity contribution is 0.450. The number of rotatable bonds is 1. The molecular formula is C8H12ClNO2. The van der Waals surface area contributed by atoms with Crippen LogP contribution in [0.25, 0.3) is 0 Å². The van der Waals surface area contributed by atoms with Gasteiger partial charge < -0.3 is 15.9 Å². The standard InChI is InChI=1S/C8H11NO2.ClH/c1-5(9)7-4-6(10)2-3-8(7)11;/h2-5,10-11H,9H2,1H3;1H. The molecule has 68 valence electrons. The van der Waals surface area contributed by atoms with Gasteiger partial charge in [-0.3, -0.25) is 0 Å². The molecule has 1 aromatic rings. The van der Waals surface area contributed by atoms with Crippen LogP contribution in [0, 0.1) is 0 Å². The van der Waals surface area contributed by atoms with Crippen molar-refractivity contribution in [3.05, 3.63) is 23.8 Å². The van der Waals surface area contributed by atoms with Crippen LogP contribution in [0.2, 0.25) is 0 Å². The van der Waals surface area contributed by atoms with E-state index in [0.717, 1.165) is 0 Å². The molecule has 0 saturated heterocycles. The Morgan fingerprint density at radius 1 is 1.33 bits per heavy atom. The molecule has 0 amide bonds. The fraction of sp³-hybridized carbons (Fsp3) is 0.250. The van der Waals surface area contributed by atoms with Crippen LogP contribution >= 0.6 is 12.4 Å². The molecule has 4 N–H and O–H groups in total. The lowest BCUT2D eigenvalue weighted by Gasteiger charge is -2.07. The van der Waals surface area contributed by atoms with Gasteiger partial charge in [0, 0.05) is 11.6 Å². The van der Waals surface area contributed by atoms with Crippen LogP contribution in [0.4, 0.5) is 0 Å². The van der Waals surface area contributed by atoms with E-state index in [1.807, 2.05) is 0 Å². The number of nitrogens with two attached hydrogens (primary N) is 1. The minimum Gasteiger partial charge on any atom is -0.508 e. The molecule has 1 aromatic carbocycles. The molecule has 0 fully saturated rings. The third-order valence-corrected chi connectivity index (χ3v) is 1.50. The molecule has 0 saturated carbocycles. The minimum atomic E-state index is -0.262. The summed E-state index contributed by atoms with van der Waals surface area (Å²) in [6.07, 6.45) is 0. The van der Waals surface area contributed by atoms with E-state index in [2.05, 4.69) is 0 Å². The molecule has 3 nitrogen and oxygen atoms in total. The van der Waals surface area contributed by atoms with Crippen molar-refractivity contribution >= 4 is 12.4 Å². The second-order valence-electron chi connectivity index (χ2n) is 2.53. The number of phenolic OH excluding ortho intramolecular Hbond substituents is 2. The molecule has 0 aliphatic carbocycles. The van der Waals surface area contributed by atoms with E-state index in [0.29, 0.717) is 5.56 Å². The normalized spacial score (nSPS) is 11.8. The number of benzene rings is 1. The molecule has 1 unspecified atom stereocenters. The zero-order valence-electron chi connectivity index (χ0n) is 6.69. The number of hydrogen-bond donors (Lipinski definition) is 3. The summed E-state index contributed by atoms with van der Waals surface area (Å²) < 4.78 is 0. The van der Waals surface area contributed by atoms with Gasteiger partial charge in [0.05, 0.1) is 0 Å². The van der Waals surface area contributed by atoms with Gasteiger partial charge in [0.15, 0.2) is 0 Å². The van der Waals surface area contributed by atoms with Crippen LogP contribution in [0.5, 0.6) is 11.5 Å². The quantitative estimate of drug-likeness (QED) is 0.587. The number of phenols is 2. The second kappa shape index (κ2) is 4.18. The predicted octanol–water partition coefficient (Wildman–Crippen LogP) is 1.54. The van der Waals surface area contributed by atoms with Gasteiger partial charge in [-0.05, 0) is 25.1 Å². The summed E-state index contributed by atoms with van der Waals surface area (Å²) in [5.41, 5.74) is 6.07. The maximum absolute atomic E-state index is 9.21. The summed E-state index contributed by atoms with van der Waals surface area (Å²) in [6, 6.07) is 4.04. The summed E-state index contributed by atoms with van der Waals surface area (Å²) in [5.74, 6) is 0.243. The maximum atomic E-state index is 9.21. The number of aromatic hydroxyl groups is 2. The minimum absolute atomic E-state index is 0. The molecule has 0 spiro atoms. The van der Waals surface area contributed by atoms with Crippen LogP contribution in [-0.2, 0) is 0 Å². The fourth-order valence-electron chi connectivity index (χ4n) is 0.907. The van der Waals surface area contributed by atoms with E-state index in [-0.39, 0.29) is 29.9 Å². The Bertz CT molecular complexity index is 263. The van der Waals surface area contributed by atoms with Crippen LogP contribution in [-0.4, -0.2) is 10.2 Å². The van der Waals surface area contributed by atoms with Gasteiger partial charge in [-0.15, -0.1) is 12.4 Å². The molecule has 0 aliphatic rings. The zero-order valence-corrected chi connectivity index (χ0v) is 7.51.